The second kappa shape index (κ2) is 4.44. The number of furan rings is 1. The molecule has 0 aliphatic heterocycles. The Balaban J connectivity index is 1.98. The van der Waals surface area contributed by atoms with Gasteiger partial charge in [0.2, 0.25) is 5.09 Å². The third-order valence-electron chi connectivity index (χ3n) is 3.31. The number of nitrogens with one attached hydrogen (secondary N) is 1. The highest BCUT2D eigenvalue weighted by molar-refractivity contribution is 7.89. The van der Waals surface area contributed by atoms with E-state index in [1.807, 2.05) is 0 Å². The number of nitrogens with two attached hydrogens (primary N) is 1. The number of rotatable bonds is 4. The maximum absolute atomic E-state index is 11.0. The minimum Gasteiger partial charge on any atom is -0.447 e. The Morgan fingerprint density at radius 3 is 2.59 bits per heavy atom. The average Bonchev–Trinajstić information content (AvgIpc) is 2.83. The molecule has 0 amide bonds. The van der Waals surface area contributed by atoms with Crippen LogP contribution in [0.15, 0.2) is 21.6 Å². The van der Waals surface area contributed by atoms with E-state index in [-0.39, 0.29) is 10.6 Å². The molecule has 1 saturated carbocycles. The summed E-state index contributed by atoms with van der Waals surface area (Å²) in [4.78, 5) is 0. The van der Waals surface area contributed by atoms with Crippen LogP contribution in [0.2, 0.25) is 0 Å². The molecule has 3 N–H and O–H groups in total. The summed E-state index contributed by atoms with van der Waals surface area (Å²) in [6.45, 7) is 2.72. The highest BCUT2D eigenvalue weighted by atomic mass is 32.2. The Hall–Kier alpha value is -0.850. The van der Waals surface area contributed by atoms with Crippen molar-refractivity contribution in [2.24, 2.45) is 5.14 Å². The van der Waals surface area contributed by atoms with Crippen molar-refractivity contribution in [3.8, 4) is 0 Å². The van der Waals surface area contributed by atoms with Gasteiger partial charge in [-0.2, -0.15) is 0 Å². The molecule has 0 radical (unpaired) electrons. The van der Waals surface area contributed by atoms with Gasteiger partial charge in [-0.25, -0.2) is 13.6 Å². The Morgan fingerprint density at radius 2 is 2.06 bits per heavy atom. The van der Waals surface area contributed by atoms with Crippen LogP contribution in [0.5, 0.6) is 0 Å². The van der Waals surface area contributed by atoms with Crippen molar-refractivity contribution in [3.63, 3.8) is 0 Å². The molecule has 1 aliphatic carbocycles. The van der Waals surface area contributed by atoms with Crippen LogP contribution in [0, 0.1) is 0 Å². The van der Waals surface area contributed by atoms with Gasteiger partial charge in [0, 0.05) is 5.54 Å². The van der Waals surface area contributed by atoms with E-state index in [1.165, 1.54) is 18.9 Å². The van der Waals surface area contributed by atoms with Gasteiger partial charge in [0.25, 0.3) is 10.0 Å². The molecule has 0 spiro atoms. The summed E-state index contributed by atoms with van der Waals surface area (Å²) in [5, 5.41) is 8.21. The minimum atomic E-state index is -3.73. The zero-order chi connectivity index (χ0) is 12.5. The topological polar surface area (TPSA) is 85.3 Å². The maximum atomic E-state index is 11.0. The predicted octanol–water partition coefficient (Wildman–Crippen LogP) is 1.35. The first-order valence-corrected chi connectivity index (χ1v) is 7.30. The lowest BCUT2D eigenvalue weighted by Crippen LogP contribution is -2.38. The smallest absolute Gasteiger partial charge is 0.271 e. The number of primary sulfonamides is 1. The van der Waals surface area contributed by atoms with E-state index in [4.69, 9.17) is 9.56 Å². The Morgan fingerprint density at radius 1 is 1.41 bits per heavy atom. The fourth-order valence-corrected chi connectivity index (χ4v) is 2.72. The van der Waals surface area contributed by atoms with Crippen molar-refractivity contribution in [1.29, 1.82) is 0 Å². The molecule has 1 aliphatic rings. The Bertz CT molecular complexity index is 487. The van der Waals surface area contributed by atoms with Crippen molar-refractivity contribution >= 4 is 10.0 Å². The quantitative estimate of drug-likeness (QED) is 0.853. The molecule has 1 aromatic rings. The first-order chi connectivity index (χ1) is 7.89. The molecule has 2 rings (SSSR count). The normalized spacial score (nSPS) is 19.6. The van der Waals surface area contributed by atoms with Crippen molar-refractivity contribution in [2.75, 3.05) is 0 Å². The molecule has 1 aromatic heterocycles. The van der Waals surface area contributed by atoms with Crippen LogP contribution < -0.4 is 10.5 Å². The van der Waals surface area contributed by atoms with Crippen LogP contribution in [0.3, 0.4) is 0 Å². The first-order valence-electron chi connectivity index (χ1n) is 5.76. The Kier molecular flexibility index (Phi) is 3.29. The summed E-state index contributed by atoms with van der Waals surface area (Å²) in [6, 6.07) is 3.04. The molecular weight excluding hydrogens is 240 g/mol. The maximum Gasteiger partial charge on any atom is 0.271 e. The van der Waals surface area contributed by atoms with E-state index in [1.54, 1.807) is 6.07 Å². The van der Waals surface area contributed by atoms with E-state index in [2.05, 4.69) is 12.2 Å². The lowest BCUT2D eigenvalue weighted by molar-refractivity contribution is 0.328. The van der Waals surface area contributed by atoms with Gasteiger partial charge in [-0.1, -0.05) is 12.8 Å². The van der Waals surface area contributed by atoms with Crippen molar-refractivity contribution in [2.45, 2.75) is 49.8 Å². The van der Waals surface area contributed by atoms with E-state index in [0.717, 1.165) is 12.8 Å². The van der Waals surface area contributed by atoms with E-state index in [9.17, 15) is 8.42 Å². The molecular formula is C11H18N2O3S. The van der Waals surface area contributed by atoms with Gasteiger partial charge in [-0.15, -0.1) is 0 Å². The fraction of sp³-hybridized carbons (Fsp3) is 0.636. The van der Waals surface area contributed by atoms with E-state index < -0.39 is 10.0 Å². The van der Waals surface area contributed by atoms with Gasteiger partial charge in [-0.05, 0) is 31.9 Å². The summed E-state index contributed by atoms with van der Waals surface area (Å²) >= 11 is 0. The average molecular weight is 258 g/mol. The summed E-state index contributed by atoms with van der Waals surface area (Å²) < 4.78 is 27.2. The van der Waals surface area contributed by atoms with Crippen LogP contribution in [0.25, 0.3) is 0 Å². The van der Waals surface area contributed by atoms with Crippen LogP contribution >= 0.6 is 0 Å². The lowest BCUT2D eigenvalue weighted by Gasteiger charge is -2.24. The first kappa shape index (κ1) is 12.6. The highest BCUT2D eigenvalue weighted by Gasteiger charge is 2.28. The van der Waals surface area contributed by atoms with E-state index >= 15 is 0 Å². The van der Waals surface area contributed by atoms with E-state index in [0.29, 0.717) is 12.3 Å². The van der Waals surface area contributed by atoms with Crippen molar-refractivity contribution < 1.29 is 12.8 Å². The van der Waals surface area contributed by atoms with Crippen molar-refractivity contribution in [3.05, 3.63) is 17.9 Å². The molecule has 1 heterocycles. The predicted molar refractivity (Wildman–Crippen MR) is 63.8 cm³/mol. The van der Waals surface area contributed by atoms with Gasteiger partial charge in [-0.3, -0.25) is 0 Å². The van der Waals surface area contributed by atoms with Gasteiger partial charge < -0.3 is 9.73 Å². The van der Waals surface area contributed by atoms with Gasteiger partial charge in [0.15, 0.2) is 0 Å². The van der Waals surface area contributed by atoms with Gasteiger partial charge >= 0.3 is 0 Å². The molecule has 0 unspecified atom stereocenters. The molecule has 0 aromatic carbocycles. The standard InChI is InChI=1S/C11H18N2O3S/c1-11(6-2-3-7-11)13-8-9-4-5-10(16-9)17(12,14)15/h4-5,13H,2-3,6-8H2,1H3,(H2,12,14,15). The third-order valence-corrected chi connectivity index (χ3v) is 4.09. The Labute approximate surface area is 101 Å². The van der Waals surface area contributed by atoms with Crippen LogP contribution in [-0.2, 0) is 16.6 Å². The molecule has 5 nitrogen and oxygen atoms in total. The zero-order valence-electron chi connectivity index (χ0n) is 9.90. The third kappa shape index (κ3) is 3.08. The highest BCUT2D eigenvalue weighted by Crippen LogP contribution is 2.29. The molecule has 1 fully saturated rings. The second-order valence-electron chi connectivity index (χ2n) is 4.89. The lowest BCUT2D eigenvalue weighted by atomic mass is 10.0. The van der Waals surface area contributed by atoms with Crippen LogP contribution in [0.1, 0.15) is 38.4 Å². The monoisotopic (exact) mass is 258 g/mol. The van der Waals surface area contributed by atoms with Gasteiger partial charge in [0.05, 0.1) is 6.54 Å². The van der Waals surface area contributed by atoms with Crippen molar-refractivity contribution in [1.82, 2.24) is 5.32 Å². The molecule has 0 saturated heterocycles. The fourth-order valence-electron chi connectivity index (χ4n) is 2.24. The summed E-state index contributed by atoms with van der Waals surface area (Å²) in [6.07, 6.45) is 4.78. The molecule has 17 heavy (non-hydrogen) atoms. The largest absolute Gasteiger partial charge is 0.447 e. The second-order valence-corrected chi connectivity index (χ2v) is 6.38. The van der Waals surface area contributed by atoms with Crippen LogP contribution in [-0.4, -0.2) is 14.0 Å². The minimum absolute atomic E-state index is 0.147. The van der Waals surface area contributed by atoms with Crippen LogP contribution in [0.4, 0.5) is 0 Å². The zero-order valence-corrected chi connectivity index (χ0v) is 10.7. The van der Waals surface area contributed by atoms with Gasteiger partial charge in [0.1, 0.15) is 5.76 Å². The molecule has 0 atom stereocenters. The number of sulfonamides is 1. The molecule has 6 heteroatoms. The molecule has 96 valence electrons. The SMILES string of the molecule is CC1(NCc2ccc(S(N)(=O)=O)o2)CCCC1. The summed E-state index contributed by atoms with van der Waals surface area (Å²) in [5.74, 6) is 0.599. The number of hydrogen-bond donors (Lipinski definition) is 2. The number of hydrogen-bond acceptors (Lipinski definition) is 4. The summed E-state index contributed by atoms with van der Waals surface area (Å²) in [5.41, 5.74) is 0.147. The molecule has 0 bridgehead atoms. The summed E-state index contributed by atoms with van der Waals surface area (Å²) in [7, 11) is -3.73.